The highest BCUT2D eigenvalue weighted by molar-refractivity contribution is 6.20. The topological polar surface area (TPSA) is 85.5 Å². The lowest BCUT2D eigenvalue weighted by Crippen LogP contribution is -2.55. The van der Waals surface area contributed by atoms with E-state index in [9.17, 15) is 4.79 Å². The van der Waals surface area contributed by atoms with Crippen molar-refractivity contribution in [3.05, 3.63) is 54.2 Å². The number of hydrogen-bond donors (Lipinski definition) is 3. The molecule has 2 aromatic carbocycles. The molecule has 0 saturated carbocycles. The molecular weight excluding hydrogens is 416 g/mol. The number of rotatable bonds is 6. The number of H-pyrrole nitrogens is 1. The molecule has 3 aromatic rings. The first-order valence-electron chi connectivity index (χ1n) is 10.5. The van der Waals surface area contributed by atoms with Crippen molar-refractivity contribution in [2.75, 3.05) is 49.1 Å². The largest absolute Gasteiger partial charge is 0.379 e. The molecule has 1 aromatic heterocycles. The zero-order valence-corrected chi connectivity index (χ0v) is 17.8. The summed E-state index contributed by atoms with van der Waals surface area (Å²) in [6.07, 6.45) is 1.38. The molecule has 5 rings (SSSR count). The molecule has 1 saturated heterocycles. The molecule has 9 heteroatoms. The molecule has 162 valence electrons. The third-order valence-corrected chi connectivity index (χ3v) is 6.23. The maximum absolute atomic E-state index is 13.4. The summed E-state index contributed by atoms with van der Waals surface area (Å²) in [5, 5.41) is 14.6. The van der Waals surface area contributed by atoms with Gasteiger partial charge in [0.2, 0.25) is 5.91 Å². The summed E-state index contributed by atoms with van der Waals surface area (Å²) < 4.78 is 5.48. The van der Waals surface area contributed by atoms with Crippen LogP contribution in [0.3, 0.4) is 0 Å². The summed E-state index contributed by atoms with van der Waals surface area (Å²) in [5.41, 5.74) is 3.83. The Morgan fingerprint density at radius 2 is 2.06 bits per heavy atom. The van der Waals surface area contributed by atoms with Gasteiger partial charge in [0, 0.05) is 24.4 Å². The van der Waals surface area contributed by atoms with Gasteiger partial charge < -0.3 is 20.3 Å². The molecule has 2 unspecified atom stereocenters. The molecule has 1 amide bonds. The van der Waals surface area contributed by atoms with E-state index in [4.69, 9.17) is 16.3 Å². The van der Waals surface area contributed by atoms with Crippen molar-refractivity contribution in [1.82, 2.24) is 20.4 Å². The third-order valence-electron chi connectivity index (χ3n) is 5.92. The first-order chi connectivity index (χ1) is 15.2. The lowest BCUT2D eigenvalue weighted by atomic mass is 9.97. The number of nitrogens with one attached hydrogen (secondary N) is 3. The predicted molar refractivity (Wildman–Crippen MR) is 121 cm³/mol. The van der Waals surface area contributed by atoms with Crippen LogP contribution < -0.4 is 15.5 Å². The number of anilines is 2. The minimum Gasteiger partial charge on any atom is -0.379 e. The Morgan fingerprint density at radius 3 is 2.90 bits per heavy atom. The molecule has 0 aliphatic carbocycles. The van der Waals surface area contributed by atoms with Gasteiger partial charge in [0.1, 0.15) is 0 Å². The van der Waals surface area contributed by atoms with Gasteiger partial charge in [0.05, 0.1) is 48.9 Å². The van der Waals surface area contributed by atoms with Crippen LogP contribution in [0.15, 0.2) is 48.7 Å². The second-order valence-electron chi connectivity index (χ2n) is 7.80. The molecule has 2 aliphatic rings. The number of fused-ring (bicyclic) bond motifs is 2. The van der Waals surface area contributed by atoms with E-state index in [2.05, 4.69) is 36.7 Å². The van der Waals surface area contributed by atoms with Gasteiger partial charge >= 0.3 is 0 Å². The number of benzene rings is 2. The number of aromatic nitrogens is 2. The van der Waals surface area contributed by atoms with E-state index >= 15 is 0 Å². The Labute approximate surface area is 185 Å². The maximum atomic E-state index is 13.4. The summed E-state index contributed by atoms with van der Waals surface area (Å²) >= 11 is 6.28. The van der Waals surface area contributed by atoms with Crippen LogP contribution >= 0.6 is 11.6 Å². The second kappa shape index (κ2) is 8.74. The lowest BCUT2D eigenvalue weighted by molar-refractivity contribution is -0.122. The van der Waals surface area contributed by atoms with E-state index in [-0.39, 0.29) is 18.1 Å². The van der Waals surface area contributed by atoms with Gasteiger partial charge in [-0.1, -0.05) is 24.3 Å². The van der Waals surface area contributed by atoms with Crippen molar-refractivity contribution in [2.24, 2.45) is 0 Å². The quantitative estimate of drug-likeness (QED) is 0.511. The molecule has 31 heavy (non-hydrogen) atoms. The molecular formula is C22H25ClN6O2. The van der Waals surface area contributed by atoms with Crippen LogP contribution in [0.2, 0.25) is 0 Å². The van der Waals surface area contributed by atoms with Crippen LogP contribution in [0.25, 0.3) is 10.9 Å². The van der Waals surface area contributed by atoms with Crippen molar-refractivity contribution in [3.63, 3.8) is 0 Å². The van der Waals surface area contributed by atoms with Crippen LogP contribution in [0, 0.1) is 0 Å². The molecule has 2 atom stereocenters. The normalized spacial score (nSPS) is 19.8. The van der Waals surface area contributed by atoms with Crippen molar-refractivity contribution < 1.29 is 9.53 Å². The molecule has 3 heterocycles. The highest BCUT2D eigenvalue weighted by Crippen LogP contribution is 2.34. The molecule has 3 N–H and O–H groups in total. The number of carbonyl (C=O) groups excluding carboxylic acids is 1. The summed E-state index contributed by atoms with van der Waals surface area (Å²) in [5.74, 6) is -0.432. The number of ether oxygens (including phenoxy) is 1. The maximum Gasteiger partial charge on any atom is 0.231 e. The zero-order chi connectivity index (χ0) is 21.2. The minimum atomic E-state index is -0.487. The summed E-state index contributed by atoms with van der Waals surface area (Å²) in [7, 11) is 0. The number of para-hydroxylation sites is 2. The first-order valence-corrected chi connectivity index (χ1v) is 11.0. The van der Waals surface area contributed by atoms with E-state index in [1.165, 1.54) is 0 Å². The van der Waals surface area contributed by atoms with Gasteiger partial charge in [-0.05, 0) is 23.8 Å². The number of nitrogens with zero attached hydrogens (tertiary/aromatic N) is 3. The minimum absolute atomic E-state index is 0.124. The van der Waals surface area contributed by atoms with E-state index in [1.807, 2.05) is 36.4 Å². The second-order valence-corrected chi connectivity index (χ2v) is 8.11. The van der Waals surface area contributed by atoms with Crippen LogP contribution in [-0.4, -0.2) is 66.1 Å². The Kier molecular flexibility index (Phi) is 5.67. The molecule has 0 spiro atoms. The van der Waals surface area contributed by atoms with E-state index in [1.54, 1.807) is 6.20 Å². The number of carbonyl (C=O) groups is 1. The lowest BCUT2D eigenvalue weighted by Gasteiger charge is -2.35. The Morgan fingerprint density at radius 1 is 1.23 bits per heavy atom. The summed E-state index contributed by atoms with van der Waals surface area (Å²) in [4.78, 5) is 17.9. The molecule has 0 bridgehead atoms. The number of alkyl halides is 1. The molecule has 2 aliphatic heterocycles. The molecule has 8 nitrogen and oxygen atoms in total. The van der Waals surface area contributed by atoms with Crippen LogP contribution in [0.4, 0.5) is 11.4 Å². The highest BCUT2D eigenvalue weighted by Gasteiger charge is 2.33. The smallest absolute Gasteiger partial charge is 0.231 e. The van der Waals surface area contributed by atoms with Gasteiger partial charge in [0.25, 0.3) is 0 Å². The van der Waals surface area contributed by atoms with Gasteiger partial charge in [0.15, 0.2) is 6.29 Å². The number of halogens is 1. The van der Waals surface area contributed by atoms with E-state index in [0.29, 0.717) is 6.67 Å². The average Bonchev–Trinajstić information content (AvgIpc) is 3.41. The Hall–Kier alpha value is -2.81. The van der Waals surface area contributed by atoms with E-state index < -0.39 is 5.92 Å². The van der Waals surface area contributed by atoms with Gasteiger partial charge in [-0.25, -0.2) is 0 Å². The number of aromatic amines is 1. The van der Waals surface area contributed by atoms with Crippen molar-refractivity contribution >= 4 is 39.8 Å². The van der Waals surface area contributed by atoms with Gasteiger partial charge in [-0.2, -0.15) is 5.10 Å². The van der Waals surface area contributed by atoms with Crippen molar-refractivity contribution in [3.8, 4) is 0 Å². The first kappa shape index (κ1) is 20.1. The van der Waals surface area contributed by atoms with Crippen LogP contribution in [0.5, 0.6) is 0 Å². The fraction of sp³-hybridized carbons (Fsp3) is 0.364. The van der Waals surface area contributed by atoms with Crippen LogP contribution in [-0.2, 0) is 9.53 Å². The summed E-state index contributed by atoms with van der Waals surface area (Å²) in [6, 6.07) is 13.9. The van der Waals surface area contributed by atoms with Crippen molar-refractivity contribution in [2.45, 2.75) is 12.2 Å². The Balaban J connectivity index is 1.38. The van der Waals surface area contributed by atoms with E-state index in [0.717, 1.165) is 54.1 Å². The van der Waals surface area contributed by atoms with Crippen molar-refractivity contribution in [1.29, 1.82) is 0 Å². The number of hydrogen-bond acceptors (Lipinski definition) is 6. The predicted octanol–water partition coefficient (Wildman–Crippen LogP) is 2.51. The fourth-order valence-electron chi connectivity index (χ4n) is 4.26. The molecule has 0 radical (unpaired) electrons. The number of morpholine rings is 1. The monoisotopic (exact) mass is 440 g/mol. The zero-order valence-electron chi connectivity index (χ0n) is 17.1. The standard InChI is InChI=1S/C22H25ClN6O2/c23-12-16(15-4-3-6-18-17(15)13-24-27-18)21(30)26-22-25-19-5-1-2-7-20(19)29(22)14-28-8-10-31-11-9-28/h1-7,13,16,22,25H,8-12,14H2,(H,24,27)(H,26,30). The number of amides is 1. The third kappa shape index (κ3) is 3.94. The van der Waals surface area contributed by atoms with Gasteiger partial charge in [-0.15, -0.1) is 11.6 Å². The fourth-order valence-corrected chi connectivity index (χ4v) is 4.57. The summed E-state index contributed by atoms with van der Waals surface area (Å²) in [6.45, 7) is 3.88. The van der Waals surface area contributed by atoms with Crippen LogP contribution in [0.1, 0.15) is 11.5 Å². The molecule has 1 fully saturated rings. The highest BCUT2D eigenvalue weighted by atomic mass is 35.5. The Bertz CT molecular complexity index is 1070. The SMILES string of the molecule is O=C(NC1Nc2ccccc2N1CN1CCOCC1)C(CCl)c1cccc2[nH]ncc12. The van der Waals surface area contributed by atoms with Gasteiger partial charge in [-0.3, -0.25) is 14.8 Å². The average molecular weight is 441 g/mol.